The second-order valence-corrected chi connectivity index (χ2v) is 9.99. The molecule has 0 fully saturated rings. The van der Waals surface area contributed by atoms with Gasteiger partial charge in [0.05, 0.1) is 18.4 Å². The lowest BCUT2D eigenvalue weighted by Gasteiger charge is -2.37. The van der Waals surface area contributed by atoms with Crippen molar-refractivity contribution in [3.63, 3.8) is 0 Å². The number of benzene rings is 1. The van der Waals surface area contributed by atoms with E-state index in [0.29, 0.717) is 23.9 Å². The monoisotopic (exact) mass is 503 g/mol. The van der Waals surface area contributed by atoms with E-state index in [0.717, 1.165) is 4.88 Å². The summed E-state index contributed by atoms with van der Waals surface area (Å²) in [5, 5.41) is 6.81. The number of halogens is 2. The summed E-state index contributed by atoms with van der Waals surface area (Å²) in [6.07, 6.45) is 5.03. The van der Waals surface area contributed by atoms with Gasteiger partial charge in [-0.25, -0.2) is 13.8 Å². The quantitative estimate of drug-likeness (QED) is 0.484. The number of fused-ring (bicyclic) bond motifs is 1. The Balaban J connectivity index is 1.36. The minimum Gasteiger partial charge on any atom is -0.356 e. The third kappa shape index (κ3) is 5.35. The molecule has 3 heterocycles. The Morgan fingerprint density at radius 2 is 2.03 bits per heavy atom. The van der Waals surface area contributed by atoms with Gasteiger partial charge in [0.2, 0.25) is 5.91 Å². The molecular formula is C24H31F2N7OS. The summed E-state index contributed by atoms with van der Waals surface area (Å²) in [6, 6.07) is 5.32. The lowest BCUT2D eigenvalue weighted by atomic mass is 9.86. The number of aliphatic imine (C=N–C) groups is 2. The number of alkyl halides is 2. The zero-order chi connectivity index (χ0) is 25.2. The molecule has 5 atom stereocenters. The number of nitrogens with one attached hydrogen (secondary N) is 2. The van der Waals surface area contributed by atoms with E-state index in [1.54, 1.807) is 24.5 Å². The van der Waals surface area contributed by atoms with Crippen molar-refractivity contribution in [1.82, 2.24) is 15.2 Å². The van der Waals surface area contributed by atoms with Gasteiger partial charge in [-0.2, -0.15) is 0 Å². The molecule has 1 aromatic heterocycles. The molecule has 4 N–H and O–H groups in total. The lowest BCUT2D eigenvalue weighted by molar-refractivity contribution is -0.124. The first-order valence-electron chi connectivity index (χ1n) is 11.8. The van der Waals surface area contributed by atoms with Crippen molar-refractivity contribution < 1.29 is 13.6 Å². The summed E-state index contributed by atoms with van der Waals surface area (Å²) >= 11 is 1.40. The zero-order valence-corrected chi connectivity index (χ0v) is 20.8. The van der Waals surface area contributed by atoms with E-state index in [-0.39, 0.29) is 41.9 Å². The molecule has 0 saturated heterocycles. The molecule has 2 aliphatic heterocycles. The summed E-state index contributed by atoms with van der Waals surface area (Å²) in [5.41, 5.74) is 6.38. The average Bonchev–Trinajstić information content (AvgIpc) is 3.47. The number of amides is 1. The molecule has 0 spiro atoms. The van der Waals surface area contributed by atoms with E-state index in [1.165, 1.54) is 30.4 Å². The Morgan fingerprint density at radius 1 is 1.29 bits per heavy atom. The molecule has 0 aliphatic carbocycles. The Hall–Kier alpha value is -2.92. The number of hydrogen-bond acceptors (Lipinski definition) is 8. The van der Waals surface area contributed by atoms with Crippen LogP contribution in [0.4, 0.5) is 19.6 Å². The third-order valence-corrected chi connectivity index (χ3v) is 7.62. The van der Waals surface area contributed by atoms with Crippen LogP contribution in [0.25, 0.3) is 0 Å². The van der Waals surface area contributed by atoms with Gasteiger partial charge < -0.3 is 21.3 Å². The number of hydrogen-bond donors (Lipinski definition) is 3. The highest BCUT2D eigenvalue weighted by molar-refractivity contribution is 7.15. The number of nitrogens with zero attached hydrogens (tertiary/aromatic N) is 4. The van der Waals surface area contributed by atoms with Crippen LogP contribution in [0.2, 0.25) is 0 Å². The number of carbonyl (C=O) groups excluding carboxylic acids is 1. The lowest BCUT2D eigenvalue weighted by Crippen LogP contribution is -2.53. The van der Waals surface area contributed by atoms with Crippen LogP contribution in [0.5, 0.6) is 0 Å². The average molecular weight is 504 g/mol. The standard InChI is InChI=1S/C24H31F2N7OS/c1-4-24(25,26)16-5-7-17(8-6-16)32-23-29-12-19(35-23)15(3)31-22(34)20-14(2)21-18(11-28-20)30-13-33(21)10-9-27/h5-8,11-15,18,20-21H,4,9-10,27H2,1-3H3,(H,29,32)(H,31,34). The fourth-order valence-corrected chi connectivity index (χ4v) is 5.31. The van der Waals surface area contributed by atoms with Gasteiger partial charge in [0.25, 0.3) is 5.92 Å². The van der Waals surface area contributed by atoms with E-state index in [9.17, 15) is 13.6 Å². The maximum absolute atomic E-state index is 13.8. The molecule has 188 valence electrons. The van der Waals surface area contributed by atoms with Crippen LogP contribution in [0, 0.1) is 5.92 Å². The molecule has 35 heavy (non-hydrogen) atoms. The Bertz CT molecular complexity index is 1090. The fourth-order valence-electron chi connectivity index (χ4n) is 4.47. The molecular weight excluding hydrogens is 472 g/mol. The van der Waals surface area contributed by atoms with Crippen molar-refractivity contribution in [2.24, 2.45) is 21.6 Å². The summed E-state index contributed by atoms with van der Waals surface area (Å²) in [4.78, 5) is 29.4. The van der Waals surface area contributed by atoms with Crippen molar-refractivity contribution >= 4 is 40.6 Å². The van der Waals surface area contributed by atoms with Gasteiger partial charge in [0, 0.05) is 54.0 Å². The molecule has 2 aliphatic rings. The number of anilines is 2. The highest BCUT2D eigenvalue weighted by atomic mass is 32.1. The van der Waals surface area contributed by atoms with E-state index in [4.69, 9.17) is 5.73 Å². The second kappa shape index (κ2) is 10.4. The van der Waals surface area contributed by atoms with Crippen molar-refractivity contribution in [1.29, 1.82) is 0 Å². The van der Waals surface area contributed by atoms with Crippen molar-refractivity contribution in [3.05, 3.63) is 40.9 Å². The Morgan fingerprint density at radius 3 is 2.71 bits per heavy atom. The number of aromatic nitrogens is 1. The van der Waals surface area contributed by atoms with Gasteiger partial charge >= 0.3 is 0 Å². The van der Waals surface area contributed by atoms with Crippen LogP contribution in [-0.2, 0) is 10.7 Å². The third-order valence-electron chi connectivity index (χ3n) is 6.52. The first kappa shape index (κ1) is 25.2. The smallest absolute Gasteiger partial charge is 0.273 e. The van der Waals surface area contributed by atoms with Gasteiger partial charge in [0.15, 0.2) is 5.13 Å². The Labute approximate surface area is 207 Å². The molecule has 8 nitrogen and oxygen atoms in total. The molecule has 0 saturated carbocycles. The van der Waals surface area contributed by atoms with Crippen molar-refractivity contribution in [2.45, 2.75) is 57.3 Å². The summed E-state index contributed by atoms with van der Waals surface area (Å²) in [6.45, 7) is 6.59. The van der Waals surface area contributed by atoms with Crippen LogP contribution in [0.3, 0.4) is 0 Å². The molecule has 1 aromatic carbocycles. The highest BCUT2D eigenvalue weighted by Gasteiger charge is 2.43. The van der Waals surface area contributed by atoms with Gasteiger partial charge in [-0.3, -0.25) is 14.8 Å². The van der Waals surface area contributed by atoms with Crippen LogP contribution in [0.1, 0.15) is 43.7 Å². The first-order chi connectivity index (χ1) is 16.7. The second-order valence-electron chi connectivity index (χ2n) is 8.93. The maximum atomic E-state index is 13.8. The molecule has 4 rings (SSSR count). The largest absolute Gasteiger partial charge is 0.356 e. The topological polar surface area (TPSA) is 108 Å². The number of rotatable bonds is 9. The number of thiazole rings is 1. The fraction of sp³-hybridized carbons (Fsp3) is 0.500. The van der Waals surface area contributed by atoms with Gasteiger partial charge in [-0.15, -0.1) is 0 Å². The molecule has 1 amide bonds. The Kier molecular flexibility index (Phi) is 7.46. The SMILES string of the molecule is CCC(F)(F)c1ccc(Nc2ncc(C(C)NC(=O)C3N=CC4N=CN(CCN)C4C3C)s2)cc1. The highest BCUT2D eigenvalue weighted by Crippen LogP contribution is 2.33. The van der Waals surface area contributed by atoms with Crippen LogP contribution in [0.15, 0.2) is 40.4 Å². The zero-order valence-electron chi connectivity index (χ0n) is 20.0. The number of nitrogens with two attached hydrogens (primary N) is 1. The van der Waals surface area contributed by atoms with Gasteiger partial charge in [0.1, 0.15) is 12.1 Å². The van der Waals surface area contributed by atoms with Crippen LogP contribution in [-0.4, -0.2) is 59.6 Å². The van der Waals surface area contributed by atoms with Gasteiger partial charge in [-0.1, -0.05) is 37.3 Å². The molecule has 11 heteroatoms. The van der Waals surface area contributed by atoms with Crippen LogP contribution < -0.4 is 16.4 Å². The molecule has 2 aromatic rings. The number of carbonyl (C=O) groups is 1. The van der Waals surface area contributed by atoms with E-state index < -0.39 is 12.0 Å². The van der Waals surface area contributed by atoms with Crippen molar-refractivity contribution in [3.8, 4) is 0 Å². The summed E-state index contributed by atoms with van der Waals surface area (Å²) in [5.74, 6) is -3.00. The normalized spacial score (nSPS) is 24.3. The molecule has 0 radical (unpaired) electrons. The molecule has 5 unspecified atom stereocenters. The van der Waals surface area contributed by atoms with E-state index in [2.05, 4.69) is 30.5 Å². The first-order valence-corrected chi connectivity index (χ1v) is 12.6. The van der Waals surface area contributed by atoms with E-state index >= 15 is 0 Å². The molecule has 0 bridgehead atoms. The van der Waals surface area contributed by atoms with Crippen molar-refractivity contribution in [2.75, 3.05) is 18.4 Å². The maximum Gasteiger partial charge on any atom is 0.273 e. The predicted octanol–water partition coefficient (Wildman–Crippen LogP) is 3.69. The summed E-state index contributed by atoms with van der Waals surface area (Å²) < 4.78 is 27.7. The van der Waals surface area contributed by atoms with Gasteiger partial charge in [-0.05, 0) is 19.1 Å². The minimum atomic E-state index is -2.84. The summed E-state index contributed by atoms with van der Waals surface area (Å²) in [7, 11) is 0. The predicted molar refractivity (Wildman–Crippen MR) is 136 cm³/mol. The minimum absolute atomic E-state index is 0.0112. The van der Waals surface area contributed by atoms with E-state index in [1.807, 2.05) is 20.2 Å². The van der Waals surface area contributed by atoms with Crippen LogP contribution >= 0.6 is 11.3 Å².